The smallest absolute Gasteiger partial charge is 0.422 e. The number of hydrogen-bond donors (Lipinski definition) is 2. The predicted octanol–water partition coefficient (Wildman–Crippen LogP) is 2.87. The Morgan fingerprint density at radius 2 is 1.86 bits per heavy atom. The van der Waals surface area contributed by atoms with Crippen LogP contribution in [0.15, 0.2) is 12.4 Å². The molecule has 3 heterocycles. The maximum absolute atomic E-state index is 13.9. The zero-order chi connectivity index (χ0) is 21.6. The summed E-state index contributed by atoms with van der Waals surface area (Å²) in [6, 6.07) is 0. The third-order valence-corrected chi connectivity index (χ3v) is 4.73. The number of β-amino-alcohol motifs (C(OH)–C–C–N with tert-alkyl or cyclic N) is 1. The third kappa shape index (κ3) is 4.18. The molecule has 29 heavy (non-hydrogen) atoms. The maximum Gasteiger partial charge on any atom is 0.422 e. The second-order valence-electron chi connectivity index (χ2n) is 8.12. The minimum atomic E-state index is -4.68. The van der Waals surface area contributed by atoms with Gasteiger partial charge in [-0.25, -0.2) is 4.68 Å². The fourth-order valence-corrected chi connectivity index (χ4v) is 3.23. The zero-order valence-corrected chi connectivity index (χ0v) is 16.8. The lowest BCUT2D eigenvalue weighted by atomic mass is 10.1. The van der Waals surface area contributed by atoms with Crippen molar-refractivity contribution in [3.05, 3.63) is 29.2 Å². The molecule has 0 unspecified atom stereocenters. The molecular weight excluding hydrogens is 389 g/mol. The fourth-order valence-electron chi connectivity index (χ4n) is 3.23. The van der Waals surface area contributed by atoms with Gasteiger partial charge in [0.1, 0.15) is 5.56 Å². The van der Waals surface area contributed by atoms with Crippen LogP contribution in [0, 0.1) is 6.92 Å². The van der Waals surface area contributed by atoms with E-state index in [-0.39, 0.29) is 37.7 Å². The molecule has 1 fully saturated rings. The first kappa shape index (κ1) is 21.4. The third-order valence-electron chi connectivity index (χ3n) is 4.73. The van der Waals surface area contributed by atoms with Crippen LogP contribution >= 0.6 is 0 Å². The summed E-state index contributed by atoms with van der Waals surface area (Å²) in [4.78, 5) is 5.34. The van der Waals surface area contributed by atoms with Gasteiger partial charge >= 0.3 is 6.18 Å². The van der Waals surface area contributed by atoms with Crippen molar-refractivity contribution in [2.24, 2.45) is 0 Å². The molecule has 0 bridgehead atoms. The van der Waals surface area contributed by atoms with E-state index in [9.17, 15) is 23.4 Å². The first-order valence-electron chi connectivity index (χ1n) is 9.29. The van der Waals surface area contributed by atoms with Crippen molar-refractivity contribution in [3.8, 4) is 11.6 Å². The maximum atomic E-state index is 13.9. The first-order chi connectivity index (χ1) is 13.4. The Morgan fingerprint density at radius 3 is 2.38 bits per heavy atom. The molecule has 0 amide bonds. The zero-order valence-electron chi connectivity index (χ0n) is 16.8. The van der Waals surface area contributed by atoms with Crippen molar-refractivity contribution < 1.29 is 28.1 Å². The van der Waals surface area contributed by atoms with Gasteiger partial charge in [0.25, 0.3) is 0 Å². The molecule has 0 saturated carbocycles. The highest BCUT2D eigenvalue weighted by Gasteiger charge is 2.42. The Balaban J connectivity index is 2.10. The molecule has 1 aliphatic heterocycles. The van der Waals surface area contributed by atoms with Gasteiger partial charge in [-0.3, -0.25) is 4.98 Å². The van der Waals surface area contributed by atoms with E-state index in [1.165, 1.54) is 9.58 Å². The topological polar surface area (TPSA) is 83.6 Å². The minimum absolute atomic E-state index is 0.105. The van der Waals surface area contributed by atoms with Gasteiger partial charge < -0.3 is 19.8 Å². The number of aromatic nitrogens is 3. The number of aliphatic hydroxyl groups is 2. The van der Waals surface area contributed by atoms with Crippen LogP contribution in [-0.4, -0.2) is 50.8 Å². The van der Waals surface area contributed by atoms with E-state index < -0.39 is 29.1 Å². The number of halogens is 3. The number of nitrogens with zero attached hydrogens (tertiary/aromatic N) is 4. The molecule has 0 atom stereocenters. The molecule has 2 aromatic rings. The van der Waals surface area contributed by atoms with Crippen LogP contribution in [0.25, 0.3) is 0 Å². The summed E-state index contributed by atoms with van der Waals surface area (Å²) in [6.07, 6.45) is -2.91. The Labute approximate surface area is 166 Å². The van der Waals surface area contributed by atoms with Gasteiger partial charge in [-0.2, -0.15) is 18.3 Å². The second-order valence-corrected chi connectivity index (χ2v) is 8.12. The van der Waals surface area contributed by atoms with E-state index in [1.807, 2.05) is 20.8 Å². The Hall–Kier alpha value is -2.33. The Bertz CT molecular complexity index is 884. The lowest BCUT2D eigenvalue weighted by molar-refractivity contribution is -0.138. The summed E-state index contributed by atoms with van der Waals surface area (Å²) in [5, 5.41) is 23.2. The highest BCUT2D eigenvalue weighted by Crippen LogP contribution is 2.45. The van der Waals surface area contributed by atoms with Crippen LogP contribution in [0.5, 0.6) is 11.6 Å². The fraction of sp³-hybridized carbons (Fsp3) is 0.579. The van der Waals surface area contributed by atoms with Crippen molar-refractivity contribution in [2.45, 2.75) is 51.9 Å². The van der Waals surface area contributed by atoms with E-state index in [2.05, 4.69) is 10.1 Å². The van der Waals surface area contributed by atoms with Crippen LogP contribution in [0.3, 0.4) is 0 Å². The van der Waals surface area contributed by atoms with Gasteiger partial charge in [-0.1, -0.05) is 0 Å². The van der Waals surface area contributed by atoms with Crippen LogP contribution in [0.1, 0.15) is 37.6 Å². The molecule has 2 N–H and O–H groups in total. The average Bonchev–Trinajstić information content (AvgIpc) is 2.88. The standard InChI is InChI=1S/C19H25F3N4O3/c1-11-13(5-6-27)24-26(18(2,3)4)17(11)29-15-8-23-7-14(16(15)19(20,21)22)25-9-12(28)10-25/h7-8,12,27-28H,5-6,9-10H2,1-4H3. The van der Waals surface area contributed by atoms with Crippen molar-refractivity contribution in [1.29, 1.82) is 0 Å². The summed E-state index contributed by atoms with van der Waals surface area (Å²) in [5.74, 6) is -0.255. The minimum Gasteiger partial charge on any atom is -0.437 e. The lowest BCUT2D eigenvalue weighted by Gasteiger charge is -2.39. The van der Waals surface area contributed by atoms with E-state index in [0.717, 1.165) is 12.4 Å². The van der Waals surface area contributed by atoms with E-state index in [4.69, 9.17) is 4.74 Å². The van der Waals surface area contributed by atoms with Gasteiger partial charge in [-0.05, 0) is 27.7 Å². The van der Waals surface area contributed by atoms with Crippen molar-refractivity contribution in [1.82, 2.24) is 14.8 Å². The SMILES string of the molecule is Cc1c(CCO)nn(C(C)(C)C)c1Oc1cncc(N2CC(O)C2)c1C(F)(F)F. The predicted molar refractivity (Wildman–Crippen MR) is 100 cm³/mol. The normalized spacial score (nSPS) is 15.6. The molecule has 7 nitrogen and oxygen atoms in total. The van der Waals surface area contributed by atoms with Crippen LogP contribution in [0.2, 0.25) is 0 Å². The van der Waals surface area contributed by atoms with Gasteiger partial charge in [-0.15, -0.1) is 0 Å². The molecular formula is C19H25F3N4O3. The van der Waals surface area contributed by atoms with E-state index in [1.54, 1.807) is 6.92 Å². The average molecular weight is 414 g/mol. The van der Waals surface area contributed by atoms with Gasteiger partial charge in [0.15, 0.2) is 5.75 Å². The molecule has 0 radical (unpaired) electrons. The second kappa shape index (κ2) is 7.49. The number of hydrogen-bond acceptors (Lipinski definition) is 6. The van der Waals surface area contributed by atoms with Crippen molar-refractivity contribution in [3.63, 3.8) is 0 Å². The number of ether oxygens (including phenoxy) is 1. The molecule has 3 rings (SSSR count). The summed E-state index contributed by atoms with van der Waals surface area (Å²) >= 11 is 0. The number of aliphatic hydroxyl groups excluding tert-OH is 2. The first-order valence-corrected chi connectivity index (χ1v) is 9.29. The molecule has 10 heteroatoms. The number of alkyl halides is 3. The van der Waals surface area contributed by atoms with Gasteiger partial charge in [0.05, 0.1) is 35.4 Å². The molecule has 1 aliphatic rings. The number of pyridine rings is 1. The monoisotopic (exact) mass is 414 g/mol. The molecule has 0 aliphatic carbocycles. The molecule has 1 saturated heterocycles. The Morgan fingerprint density at radius 1 is 1.21 bits per heavy atom. The highest BCUT2D eigenvalue weighted by atomic mass is 19.4. The van der Waals surface area contributed by atoms with Crippen LogP contribution < -0.4 is 9.64 Å². The number of anilines is 1. The highest BCUT2D eigenvalue weighted by molar-refractivity contribution is 5.61. The van der Waals surface area contributed by atoms with Crippen molar-refractivity contribution in [2.75, 3.05) is 24.6 Å². The Kier molecular flexibility index (Phi) is 5.52. The van der Waals surface area contributed by atoms with Gasteiger partial charge in [0.2, 0.25) is 5.88 Å². The molecule has 0 spiro atoms. The number of rotatable bonds is 5. The summed E-state index contributed by atoms with van der Waals surface area (Å²) in [5.41, 5.74) is -0.508. The van der Waals surface area contributed by atoms with Crippen molar-refractivity contribution >= 4 is 5.69 Å². The van der Waals surface area contributed by atoms with Crippen LogP contribution in [0.4, 0.5) is 18.9 Å². The van der Waals surface area contributed by atoms with Gasteiger partial charge in [0, 0.05) is 31.7 Å². The van der Waals surface area contributed by atoms with E-state index >= 15 is 0 Å². The van der Waals surface area contributed by atoms with E-state index in [0.29, 0.717) is 11.3 Å². The lowest BCUT2D eigenvalue weighted by Crippen LogP contribution is -2.51. The quantitative estimate of drug-likeness (QED) is 0.783. The summed E-state index contributed by atoms with van der Waals surface area (Å²) in [6.45, 7) is 7.35. The largest absolute Gasteiger partial charge is 0.437 e. The molecule has 0 aromatic carbocycles. The molecule has 2 aromatic heterocycles. The molecule has 160 valence electrons. The summed E-state index contributed by atoms with van der Waals surface area (Å²) < 4.78 is 49.1. The van der Waals surface area contributed by atoms with Crippen LogP contribution in [-0.2, 0) is 18.1 Å². The summed E-state index contributed by atoms with van der Waals surface area (Å²) in [7, 11) is 0.